The van der Waals surface area contributed by atoms with Gasteiger partial charge in [-0.1, -0.05) is 24.3 Å². The summed E-state index contributed by atoms with van der Waals surface area (Å²) in [5.41, 5.74) is 3.46. The maximum absolute atomic E-state index is 14.1. The normalized spacial score (nSPS) is 10.8. The number of nitrogens with one attached hydrogen (secondary N) is 2. The number of rotatable bonds is 8. The first kappa shape index (κ1) is 21.4. The lowest BCUT2D eigenvalue weighted by Crippen LogP contribution is -2.30. The highest BCUT2D eigenvalue weighted by Gasteiger charge is 2.14. The van der Waals surface area contributed by atoms with Crippen molar-refractivity contribution in [3.05, 3.63) is 89.4 Å². The minimum Gasteiger partial charge on any atom is -0.484 e. The molecule has 0 saturated carbocycles. The van der Waals surface area contributed by atoms with Gasteiger partial charge in [0, 0.05) is 17.6 Å². The van der Waals surface area contributed by atoms with Crippen LogP contribution in [0.4, 0.5) is 4.39 Å². The highest BCUT2D eigenvalue weighted by molar-refractivity contribution is 5.88. The van der Waals surface area contributed by atoms with Crippen LogP contribution in [0.15, 0.2) is 66.7 Å². The van der Waals surface area contributed by atoms with Gasteiger partial charge in [0.05, 0.1) is 5.52 Å². The molecular formula is C26H25FN2O3. The van der Waals surface area contributed by atoms with Crippen molar-refractivity contribution in [3.63, 3.8) is 0 Å². The van der Waals surface area contributed by atoms with E-state index in [1.165, 1.54) is 6.07 Å². The zero-order chi connectivity index (χ0) is 22.5. The molecule has 2 N–H and O–H groups in total. The van der Waals surface area contributed by atoms with Crippen LogP contribution >= 0.6 is 0 Å². The summed E-state index contributed by atoms with van der Waals surface area (Å²) in [6.45, 7) is 4.24. The van der Waals surface area contributed by atoms with Crippen LogP contribution in [0.5, 0.6) is 17.2 Å². The van der Waals surface area contributed by atoms with E-state index in [1.807, 2.05) is 44.2 Å². The number of amides is 1. The van der Waals surface area contributed by atoms with Crippen molar-refractivity contribution in [2.45, 2.75) is 20.3 Å². The van der Waals surface area contributed by atoms with Crippen molar-refractivity contribution in [2.24, 2.45) is 0 Å². The second-order valence-corrected chi connectivity index (χ2v) is 7.62. The van der Waals surface area contributed by atoms with Crippen molar-refractivity contribution in [2.75, 3.05) is 13.2 Å². The maximum atomic E-state index is 14.1. The number of fused-ring (bicyclic) bond motifs is 1. The summed E-state index contributed by atoms with van der Waals surface area (Å²) in [7, 11) is 0. The molecule has 164 valence electrons. The molecule has 5 nitrogen and oxygen atoms in total. The molecule has 1 aromatic heterocycles. The molecule has 0 aliphatic heterocycles. The van der Waals surface area contributed by atoms with E-state index in [-0.39, 0.29) is 18.3 Å². The number of para-hydroxylation sites is 1. The largest absolute Gasteiger partial charge is 0.484 e. The zero-order valence-electron chi connectivity index (χ0n) is 18.1. The van der Waals surface area contributed by atoms with E-state index in [1.54, 1.807) is 30.3 Å². The van der Waals surface area contributed by atoms with Crippen LogP contribution < -0.4 is 14.8 Å². The Morgan fingerprint density at radius 3 is 2.38 bits per heavy atom. The van der Waals surface area contributed by atoms with Crippen molar-refractivity contribution in [3.8, 4) is 17.2 Å². The van der Waals surface area contributed by atoms with Gasteiger partial charge in [0.25, 0.3) is 5.91 Å². The van der Waals surface area contributed by atoms with E-state index in [2.05, 4.69) is 10.3 Å². The molecule has 6 heteroatoms. The van der Waals surface area contributed by atoms with Gasteiger partial charge in [0.15, 0.2) is 6.61 Å². The Hall–Kier alpha value is -3.80. The molecule has 1 heterocycles. The monoisotopic (exact) mass is 432 g/mol. The third-order valence-electron chi connectivity index (χ3n) is 5.30. The maximum Gasteiger partial charge on any atom is 0.257 e. The molecule has 0 spiro atoms. The first-order valence-corrected chi connectivity index (χ1v) is 10.5. The molecule has 0 fully saturated rings. The Labute approximate surface area is 186 Å². The smallest absolute Gasteiger partial charge is 0.257 e. The number of carbonyl (C=O) groups excluding carboxylic acids is 1. The lowest BCUT2D eigenvalue weighted by molar-refractivity contribution is -0.123. The summed E-state index contributed by atoms with van der Waals surface area (Å²) in [6, 6.07) is 19.9. The van der Waals surface area contributed by atoms with Gasteiger partial charge in [0.2, 0.25) is 0 Å². The third-order valence-corrected chi connectivity index (χ3v) is 5.30. The molecule has 0 aliphatic carbocycles. The number of aromatic nitrogens is 1. The Kier molecular flexibility index (Phi) is 6.40. The second-order valence-electron chi connectivity index (χ2n) is 7.62. The molecule has 0 bridgehead atoms. The van der Waals surface area contributed by atoms with Gasteiger partial charge in [-0.25, -0.2) is 4.39 Å². The molecule has 3 aromatic carbocycles. The number of carbonyl (C=O) groups is 1. The molecule has 32 heavy (non-hydrogen) atoms. The molecule has 4 rings (SSSR count). The van der Waals surface area contributed by atoms with Crippen LogP contribution in [-0.4, -0.2) is 24.0 Å². The van der Waals surface area contributed by atoms with Crippen molar-refractivity contribution in [1.29, 1.82) is 0 Å². The van der Waals surface area contributed by atoms with Gasteiger partial charge in [-0.2, -0.15) is 0 Å². The predicted molar refractivity (Wildman–Crippen MR) is 123 cm³/mol. The number of H-pyrrole nitrogens is 1. The van der Waals surface area contributed by atoms with Crippen LogP contribution in [0.1, 0.15) is 16.8 Å². The number of halogens is 1. The minimum absolute atomic E-state index is 0.0839. The second kappa shape index (κ2) is 9.56. The highest BCUT2D eigenvalue weighted by atomic mass is 19.1. The quantitative estimate of drug-likeness (QED) is 0.389. The fourth-order valence-electron chi connectivity index (χ4n) is 3.71. The molecule has 0 unspecified atom stereocenters. The Bertz CT molecular complexity index is 1220. The van der Waals surface area contributed by atoms with Crippen LogP contribution in [0, 0.1) is 19.7 Å². The Balaban J connectivity index is 1.27. The average molecular weight is 432 g/mol. The van der Waals surface area contributed by atoms with E-state index in [0.29, 0.717) is 30.0 Å². The molecule has 0 saturated heterocycles. The molecule has 0 aliphatic rings. The van der Waals surface area contributed by atoms with Crippen LogP contribution in [0.25, 0.3) is 10.9 Å². The number of aryl methyl sites for hydroxylation is 2. The fourth-order valence-corrected chi connectivity index (χ4v) is 3.71. The van der Waals surface area contributed by atoms with Crippen LogP contribution in [0.3, 0.4) is 0 Å². The SMILES string of the molecule is Cc1[nH]c2c(F)ccc(C)c2c1CCNC(=O)COc1ccc(Oc2ccccc2)cc1. The van der Waals surface area contributed by atoms with Gasteiger partial charge >= 0.3 is 0 Å². The molecule has 0 atom stereocenters. The van der Waals surface area contributed by atoms with Crippen molar-refractivity contribution >= 4 is 16.8 Å². The predicted octanol–water partition coefficient (Wildman–Crippen LogP) is 5.45. The summed E-state index contributed by atoms with van der Waals surface area (Å²) in [4.78, 5) is 15.3. The number of benzene rings is 3. The van der Waals surface area contributed by atoms with E-state index >= 15 is 0 Å². The van der Waals surface area contributed by atoms with Gasteiger partial charge in [0.1, 0.15) is 23.1 Å². The lowest BCUT2D eigenvalue weighted by atomic mass is 10.0. The van der Waals surface area contributed by atoms with E-state index in [4.69, 9.17) is 9.47 Å². The van der Waals surface area contributed by atoms with E-state index in [9.17, 15) is 9.18 Å². The number of hydrogen-bond donors (Lipinski definition) is 2. The van der Waals surface area contributed by atoms with Crippen molar-refractivity contribution < 1.29 is 18.7 Å². The summed E-state index contributed by atoms with van der Waals surface area (Å²) in [5.74, 6) is 1.55. The topological polar surface area (TPSA) is 63.4 Å². The minimum atomic E-state index is -0.266. The first-order chi connectivity index (χ1) is 15.5. The number of aromatic amines is 1. The standard InChI is InChI=1S/C26H25FN2O3/c1-17-8-13-23(27)26-25(17)22(18(2)29-26)14-15-28-24(30)16-31-19-9-11-21(12-10-19)32-20-6-4-3-5-7-20/h3-13,29H,14-16H2,1-2H3,(H,28,30). The third kappa shape index (κ3) is 4.91. The Morgan fingerprint density at radius 2 is 1.62 bits per heavy atom. The number of ether oxygens (including phenoxy) is 2. The van der Waals surface area contributed by atoms with Crippen molar-refractivity contribution in [1.82, 2.24) is 10.3 Å². The summed E-state index contributed by atoms with van der Waals surface area (Å²) < 4.78 is 25.4. The van der Waals surface area contributed by atoms with Gasteiger partial charge < -0.3 is 19.8 Å². The summed E-state index contributed by atoms with van der Waals surface area (Å²) >= 11 is 0. The van der Waals surface area contributed by atoms with Gasteiger partial charge in [-0.15, -0.1) is 0 Å². The fraction of sp³-hybridized carbons (Fsp3) is 0.192. The molecule has 4 aromatic rings. The van der Waals surface area contributed by atoms with Gasteiger partial charge in [-0.05, 0) is 73.9 Å². The van der Waals surface area contributed by atoms with E-state index < -0.39 is 0 Å². The van der Waals surface area contributed by atoms with Gasteiger partial charge in [-0.3, -0.25) is 4.79 Å². The summed E-state index contributed by atoms with van der Waals surface area (Å²) in [5, 5.41) is 3.76. The first-order valence-electron chi connectivity index (χ1n) is 10.5. The lowest BCUT2D eigenvalue weighted by Gasteiger charge is -2.09. The Morgan fingerprint density at radius 1 is 0.938 bits per heavy atom. The van der Waals surface area contributed by atoms with Crippen LogP contribution in [0.2, 0.25) is 0 Å². The average Bonchev–Trinajstić information content (AvgIpc) is 3.14. The van der Waals surface area contributed by atoms with Crippen LogP contribution in [-0.2, 0) is 11.2 Å². The molecule has 0 radical (unpaired) electrons. The summed E-state index contributed by atoms with van der Waals surface area (Å²) in [6.07, 6.45) is 0.605. The molecule has 1 amide bonds. The zero-order valence-corrected chi connectivity index (χ0v) is 18.1. The molecular weight excluding hydrogens is 407 g/mol. The highest BCUT2D eigenvalue weighted by Crippen LogP contribution is 2.28. The van der Waals surface area contributed by atoms with E-state index in [0.717, 1.165) is 28.0 Å². The number of hydrogen-bond acceptors (Lipinski definition) is 3.